The normalized spacial score (nSPS) is 11.7. The number of rotatable bonds is 5. The molecule has 0 aliphatic carbocycles. The lowest BCUT2D eigenvalue weighted by Gasteiger charge is -2.19. The van der Waals surface area contributed by atoms with Gasteiger partial charge in [-0.2, -0.15) is 5.10 Å². The lowest BCUT2D eigenvalue weighted by molar-refractivity contribution is 0.383. The number of nitrogens with zero attached hydrogens (tertiary/aromatic N) is 2. The smallest absolute Gasteiger partial charge is 0.170 e. The molecule has 1 N–H and O–H groups in total. The summed E-state index contributed by atoms with van der Waals surface area (Å²) in [5, 5.41) is 7.83. The molecule has 0 saturated heterocycles. The third-order valence-corrected chi connectivity index (χ3v) is 3.09. The van der Waals surface area contributed by atoms with Gasteiger partial charge >= 0.3 is 0 Å². The second-order valence-corrected chi connectivity index (χ2v) is 6.04. The van der Waals surface area contributed by atoms with Gasteiger partial charge < -0.3 is 10.1 Å². The van der Waals surface area contributed by atoms with Crippen molar-refractivity contribution in [2.75, 3.05) is 7.11 Å². The molecule has 0 bridgehead atoms. The first-order valence-corrected chi connectivity index (χ1v) is 6.98. The Kier molecular flexibility index (Phi) is 4.63. The third kappa shape index (κ3) is 4.29. The summed E-state index contributed by atoms with van der Waals surface area (Å²) in [6, 6.07) is 7.08. The molecule has 0 saturated carbocycles. The van der Waals surface area contributed by atoms with Gasteiger partial charge in [0.15, 0.2) is 11.6 Å². The molecule has 21 heavy (non-hydrogen) atoms. The average molecular weight is 291 g/mol. The van der Waals surface area contributed by atoms with Crippen molar-refractivity contribution in [1.29, 1.82) is 0 Å². The molecular formula is C16H22FN3O. The van der Waals surface area contributed by atoms with Crippen molar-refractivity contribution in [2.24, 2.45) is 0 Å². The number of hydrogen-bond acceptors (Lipinski definition) is 3. The van der Waals surface area contributed by atoms with E-state index in [1.165, 1.54) is 7.11 Å². The molecule has 0 aliphatic rings. The fraction of sp³-hybridized carbons (Fsp3) is 0.438. The second-order valence-electron chi connectivity index (χ2n) is 6.04. The Morgan fingerprint density at radius 1 is 1.29 bits per heavy atom. The summed E-state index contributed by atoms with van der Waals surface area (Å²) < 4.78 is 20.8. The van der Waals surface area contributed by atoms with Crippen molar-refractivity contribution in [2.45, 2.75) is 39.4 Å². The number of hydrogen-bond donors (Lipinski definition) is 1. The van der Waals surface area contributed by atoms with Crippen molar-refractivity contribution in [1.82, 2.24) is 15.1 Å². The molecule has 0 atom stereocenters. The van der Waals surface area contributed by atoms with Crippen LogP contribution in [-0.4, -0.2) is 22.4 Å². The molecular weight excluding hydrogens is 269 g/mol. The summed E-state index contributed by atoms with van der Waals surface area (Å²) in [6.07, 6.45) is 1.86. The minimum Gasteiger partial charge on any atom is -0.494 e. The Labute approximate surface area is 124 Å². The lowest BCUT2D eigenvalue weighted by atomic mass is 10.1. The van der Waals surface area contributed by atoms with Crippen LogP contribution < -0.4 is 10.1 Å². The molecule has 2 rings (SSSR count). The van der Waals surface area contributed by atoms with E-state index in [4.69, 9.17) is 4.74 Å². The van der Waals surface area contributed by atoms with Crippen LogP contribution in [0.2, 0.25) is 0 Å². The van der Waals surface area contributed by atoms with Crippen molar-refractivity contribution in [3.8, 4) is 5.75 Å². The van der Waals surface area contributed by atoms with Crippen LogP contribution in [-0.2, 0) is 13.1 Å². The van der Waals surface area contributed by atoms with Crippen LogP contribution in [0.1, 0.15) is 32.0 Å². The monoisotopic (exact) mass is 291 g/mol. The fourth-order valence-corrected chi connectivity index (χ4v) is 1.95. The molecule has 0 unspecified atom stereocenters. The summed E-state index contributed by atoms with van der Waals surface area (Å²) in [5.41, 5.74) is 1.55. The van der Waals surface area contributed by atoms with E-state index >= 15 is 0 Å². The summed E-state index contributed by atoms with van der Waals surface area (Å²) in [7, 11) is 1.46. The molecule has 1 aromatic heterocycles. The summed E-state index contributed by atoms with van der Waals surface area (Å²) >= 11 is 0. The molecule has 0 radical (unpaired) electrons. The Morgan fingerprint density at radius 2 is 2.05 bits per heavy atom. The maximum Gasteiger partial charge on any atom is 0.170 e. The summed E-state index contributed by atoms with van der Waals surface area (Å²) in [6.45, 7) is 7.40. The fourth-order valence-electron chi connectivity index (χ4n) is 1.95. The van der Waals surface area contributed by atoms with E-state index in [1.807, 2.05) is 12.3 Å². The molecule has 0 fully saturated rings. The van der Waals surface area contributed by atoms with Gasteiger partial charge in [-0.1, -0.05) is 12.1 Å². The molecule has 114 valence electrons. The minimum atomic E-state index is -0.329. The van der Waals surface area contributed by atoms with Crippen LogP contribution in [0.4, 0.5) is 4.39 Å². The van der Waals surface area contributed by atoms with Crippen LogP contribution in [0.25, 0.3) is 0 Å². The number of methoxy groups -OCH3 is 1. The zero-order chi connectivity index (χ0) is 15.5. The molecule has 1 aromatic carbocycles. The van der Waals surface area contributed by atoms with E-state index in [9.17, 15) is 4.39 Å². The van der Waals surface area contributed by atoms with E-state index in [2.05, 4.69) is 31.2 Å². The topological polar surface area (TPSA) is 39.1 Å². The molecule has 0 spiro atoms. The number of benzene rings is 1. The molecule has 1 heterocycles. The van der Waals surface area contributed by atoms with Crippen LogP contribution in [0.3, 0.4) is 0 Å². The van der Waals surface area contributed by atoms with E-state index in [0.717, 1.165) is 5.69 Å². The van der Waals surface area contributed by atoms with Gasteiger partial charge in [-0.3, -0.25) is 4.68 Å². The van der Waals surface area contributed by atoms with Gasteiger partial charge in [0.1, 0.15) is 0 Å². The van der Waals surface area contributed by atoms with Crippen LogP contribution >= 0.6 is 0 Å². The summed E-state index contributed by atoms with van der Waals surface area (Å²) in [5.74, 6) is -0.0702. The van der Waals surface area contributed by atoms with Crippen molar-refractivity contribution < 1.29 is 9.13 Å². The van der Waals surface area contributed by atoms with Gasteiger partial charge in [0, 0.05) is 23.8 Å². The van der Waals surface area contributed by atoms with E-state index < -0.39 is 0 Å². The van der Waals surface area contributed by atoms with E-state index in [-0.39, 0.29) is 17.1 Å². The largest absolute Gasteiger partial charge is 0.494 e. The SMILES string of the molecule is COc1cccc(Cn2ccc(CNC(C)(C)C)n2)c1F. The minimum absolute atomic E-state index is 0.0443. The Bertz CT molecular complexity index is 602. The number of ether oxygens (including phenoxy) is 1. The summed E-state index contributed by atoms with van der Waals surface area (Å²) in [4.78, 5) is 0. The molecule has 4 nitrogen and oxygen atoms in total. The average Bonchev–Trinajstić information content (AvgIpc) is 2.86. The van der Waals surface area contributed by atoms with Gasteiger partial charge in [0.25, 0.3) is 0 Å². The maximum absolute atomic E-state index is 14.1. The van der Waals surface area contributed by atoms with Gasteiger partial charge in [-0.25, -0.2) is 4.39 Å². The van der Waals surface area contributed by atoms with Gasteiger partial charge in [-0.05, 0) is 32.9 Å². The van der Waals surface area contributed by atoms with Crippen molar-refractivity contribution in [3.05, 3.63) is 47.5 Å². The standard InChI is InChI=1S/C16H22FN3O/c1-16(2,3)18-10-13-8-9-20(19-13)11-12-6-5-7-14(21-4)15(12)17/h5-9,18H,10-11H2,1-4H3. The van der Waals surface area contributed by atoms with Crippen molar-refractivity contribution >= 4 is 0 Å². The number of halogens is 1. The third-order valence-electron chi connectivity index (χ3n) is 3.09. The van der Waals surface area contributed by atoms with Crippen LogP contribution in [0.15, 0.2) is 30.5 Å². The predicted octanol–water partition coefficient (Wildman–Crippen LogP) is 2.97. The molecule has 0 amide bonds. The Morgan fingerprint density at radius 3 is 2.71 bits per heavy atom. The predicted molar refractivity (Wildman–Crippen MR) is 80.9 cm³/mol. The Hall–Kier alpha value is -1.88. The van der Waals surface area contributed by atoms with Gasteiger partial charge in [0.2, 0.25) is 0 Å². The first kappa shape index (κ1) is 15.5. The number of nitrogens with one attached hydrogen (secondary N) is 1. The quantitative estimate of drug-likeness (QED) is 0.920. The lowest BCUT2D eigenvalue weighted by Crippen LogP contribution is -2.35. The molecule has 0 aliphatic heterocycles. The highest BCUT2D eigenvalue weighted by molar-refractivity contribution is 5.31. The highest BCUT2D eigenvalue weighted by Crippen LogP contribution is 2.20. The molecule has 2 aromatic rings. The molecule has 5 heteroatoms. The first-order chi connectivity index (χ1) is 9.89. The zero-order valence-electron chi connectivity index (χ0n) is 13.0. The Balaban J connectivity index is 2.06. The highest BCUT2D eigenvalue weighted by atomic mass is 19.1. The number of aromatic nitrogens is 2. The van der Waals surface area contributed by atoms with Gasteiger partial charge in [0.05, 0.1) is 19.3 Å². The zero-order valence-corrected chi connectivity index (χ0v) is 13.0. The van der Waals surface area contributed by atoms with E-state index in [0.29, 0.717) is 18.7 Å². The second kappa shape index (κ2) is 6.26. The van der Waals surface area contributed by atoms with Crippen LogP contribution in [0, 0.1) is 5.82 Å². The van der Waals surface area contributed by atoms with Gasteiger partial charge in [-0.15, -0.1) is 0 Å². The maximum atomic E-state index is 14.1. The van der Waals surface area contributed by atoms with E-state index in [1.54, 1.807) is 22.9 Å². The highest BCUT2D eigenvalue weighted by Gasteiger charge is 2.11. The van der Waals surface area contributed by atoms with Crippen molar-refractivity contribution in [3.63, 3.8) is 0 Å². The first-order valence-electron chi connectivity index (χ1n) is 6.98. The van der Waals surface area contributed by atoms with Crippen LogP contribution in [0.5, 0.6) is 5.75 Å².